The third-order valence-corrected chi connectivity index (χ3v) is 5.71. The molecule has 3 heterocycles. The summed E-state index contributed by atoms with van der Waals surface area (Å²) in [5.74, 6) is 0.712. The van der Waals surface area contributed by atoms with Gasteiger partial charge in [0.2, 0.25) is 0 Å². The maximum atomic E-state index is 12.7. The molecule has 0 bridgehead atoms. The van der Waals surface area contributed by atoms with Gasteiger partial charge in [0.15, 0.2) is 0 Å². The lowest BCUT2D eigenvalue weighted by molar-refractivity contribution is 0.243. The molecule has 2 aromatic heterocycles. The monoisotopic (exact) mass is 440 g/mol. The van der Waals surface area contributed by atoms with Crippen molar-refractivity contribution in [2.75, 3.05) is 30.4 Å². The van der Waals surface area contributed by atoms with Gasteiger partial charge < -0.3 is 20.3 Å². The molecule has 0 unspecified atom stereocenters. The summed E-state index contributed by atoms with van der Waals surface area (Å²) in [6, 6.07) is 10.6. The van der Waals surface area contributed by atoms with Crippen molar-refractivity contribution in [1.29, 1.82) is 0 Å². The zero-order valence-electron chi connectivity index (χ0n) is 17.5. The Morgan fingerprint density at radius 1 is 1.19 bits per heavy atom. The number of methoxy groups -OCH3 is 1. The summed E-state index contributed by atoms with van der Waals surface area (Å²) in [7, 11) is 3.52. The van der Waals surface area contributed by atoms with Crippen LogP contribution in [0.15, 0.2) is 55.0 Å². The number of amides is 2. The van der Waals surface area contributed by atoms with Crippen molar-refractivity contribution in [2.45, 2.75) is 18.4 Å². The highest BCUT2D eigenvalue weighted by molar-refractivity contribution is 6.30. The number of carbonyl (C=O) groups is 1. The lowest BCUT2D eigenvalue weighted by Crippen LogP contribution is -2.51. The summed E-state index contributed by atoms with van der Waals surface area (Å²) < 4.78 is 7.03. The van der Waals surface area contributed by atoms with Crippen LogP contribution in [-0.4, -0.2) is 47.0 Å². The van der Waals surface area contributed by atoms with E-state index < -0.39 is 0 Å². The third-order valence-electron chi connectivity index (χ3n) is 5.46. The number of nitrogens with zero attached hydrogens (tertiary/aromatic N) is 4. The van der Waals surface area contributed by atoms with E-state index in [9.17, 15) is 4.79 Å². The van der Waals surface area contributed by atoms with Crippen LogP contribution in [0.25, 0.3) is 0 Å². The molecule has 0 saturated carbocycles. The number of benzene rings is 1. The van der Waals surface area contributed by atoms with E-state index >= 15 is 0 Å². The SMILES string of the molecule is COc1ccc([C@@H]2CN(c3cnn(C)c3)CC[C@H]2NC(=O)Nc2ccc(Cl)cc2)nc1. The molecule has 2 N–H and O–H groups in total. The van der Waals surface area contributed by atoms with Gasteiger partial charge in [0.25, 0.3) is 0 Å². The van der Waals surface area contributed by atoms with Crippen LogP contribution in [-0.2, 0) is 7.05 Å². The molecule has 4 rings (SSSR count). The smallest absolute Gasteiger partial charge is 0.319 e. The number of halogens is 1. The van der Waals surface area contributed by atoms with Gasteiger partial charge in [0, 0.05) is 54.7 Å². The third kappa shape index (κ3) is 5.08. The zero-order chi connectivity index (χ0) is 21.8. The maximum Gasteiger partial charge on any atom is 0.319 e. The van der Waals surface area contributed by atoms with Gasteiger partial charge in [0.1, 0.15) is 5.75 Å². The Bertz CT molecular complexity index is 1020. The van der Waals surface area contributed by atoms with E-state index in [1.54, 1.807) is 42.3 Å². The molecule has 2 atom stereocenters. The molecule has 162 valence electrons. The lowest BCUT2D eigenvalue weighted by Gasteiger charge is -2.39. The summed E-state index contributed by atoms with van der Waals surface area (Å²) >= 11 is 5.92. The van der Waals surface area contributed by atoms with Gasteiger partial charge in [-0.1, -0.05) is 11.6 Å². The van der Waals surface area contributed by atoms with Crippen LogP contribution in [0.5, 0.6) is 5.75 Å². The minimum atomic E-state index is -0.249. The van der Waals surface area contributed by atoms with Gasteiger partial charge in [-0.05, 0) is 42.8 Å². The summed E-state index contributed by atoms with van der Waals surface area (Å²) in [6.45, 7) is 1.53. The lowest BCUT2D eigenvalue weighted by atomic mass is 9.88. The molecule has 31 heavy (non-hydrogen) atoms. The number of pyridine rings is 1. The average Bonchev–Trinajstić information content (AvgIpc) is 3.22. The van der Waals surface area contributed by atoms with Crippen LogP contribution in [0.4, 0.5) is 16.2 Å². The van der Waals surface area contributed by atoms with Gasteiger partial charge in [-0.3, -0.25) is 9.67 Å². The first-order chi connectivity index (χ1) is 15.0. The van der Waals surface area contributed by atoms with E-state index in [1.807, 2.05) is 31.6 Å². The van der Waals surface area contributed by atoms with Crippen molar-refractivity contribution < 1.29 is 9.53 Å². The minimum Gasteiger partial charge on any atom is -0.495 e. The summed E-state index contributed by atoms with van der Waals surface area (Å²) in [5.41, 5.74) is 2.66. The number of rotatable bonds is 5. The predicted molar refractivity (Wildman–Crippen MR) is 121 cm³/mol. The fourth-order valence-electron chi connectivity index (χ4n) is 3.83. The van der Waals surface area contributed by atoms with Crippen LogP contribution in [0.1, 0.15) is 18.0 Å². The van der Waals surface area contributed by atoms with Crippen molar-refractivity contribution in [3.8, 4) is 5.75 Å². The summed E-state index contributed by atoms with van der Waals surface area (Å²) in [4.78, 5) is 19.6. The molecule has 0 radical (unpaired) electrons. The van der Waals surface area contributed by atoms with Crippen LogP contribution in [0.2, 0.25) is 5.02 Å². The Balaban J connectivity index is 1.51. The van der Waals surface area contributed by atoms with Crippen molar-refractivity contribution in [3.05, 3.63) is 65.7 Å². The second-order valence-corrected chi connectivity index (χ2v) is 7.98. The average molecular weight is 441 g/mol. The van der Waals surface area contributed by atoms with E-state index in [0.717, 1.165) is 30.9 Å². The predicted octanol–water partition coefficient (Wildman–Crippen LogP) is 3.66. The summed E-state index contributed by atoms with van der Waals surface area (Å²) in [5, 5.41) is 10.9. The molecule has 8 nitrogen and oxygen atoms in total. The molecule has 0 aliphatic carbocycles. The Labute approximate surface area is 186 Å². The van der Waals surface area contributed by atoms with Crippen molar-refractivity contribution in [2.24, 2.45) is 7.05 Å². The topological polar surface area (TPSA) is 84.3 Å². The highest BCUT2D eigenvalue weighted by atomic mass is 35.5. The number of urea groups is 1. The first-order valence-corrected chi connectivity index (χ1v) is 10.5. The van der Waals surface area contributed by atoms with Gasteiger partial charge in [0.05, 0.1) is 25.2 Å². The van der Waals surface area contributed by atoms with Gasteiger partial charge in [-0.25, -0.2) is 4.79 Å². The van der Waals surface area contributed by atoms with Gasteiger partial charge in [-0.2, -0.15) is 5.10 Å². The molecule has 3 aromatic rings. The Hall–Kier alpha value is -3.26. The Morgan fingerprint density at radius 2 is 2.00 bits per heavy atom. The van der Waals surface area contributed by atoms with Crippen molar-refractivity contribution in [3.63, 3.8) is 0 Å². The van der Waals surface area contributed by atoms with Crippen LogP contribution >= 0.6 is 11.6 Å². The van der Waals surface area contributed by atoms with Crippen molar-refractivity contribution in [1.82, 2.24) is 20.1 Å². The molecule has 9 heteroatoms. The van der Waals surface area contributed by atoms with E-state index in [0.29, 0.717) is 16.5 Å². The number of ether oxygens (including phenoxy) is 1. The molecular weight excluding hydrogens is 416 g/mol. The number of piperidine rings is 1. The van der Waals surface area contributed by atoms with Gasteiger partial charge >= 0.3 is 6.03 Å². The van der Waals surface area contributed by atoms with Crippen LogP contribution in [0, 0.1) is 0 Å². The van der Waals surface area contributed by atoms with Crippen LogP contribution in [0.3, 0.4) is 0 Å². The number of nitrogens with one attached hydrogen (secondary N) is 2. The normalized spacial score (nSPS) is 18.5. The minimum absolute atomic E-state index is 0.0100. The first-order valence-electron chi connectivity index (χ1n) is 10.1. The molecule has 1 aliphatic heterocycles. The molecule has 1 saturated heterocycles. The van der Waals surface area contributed by atoms with E-state index in [2.05, 4.69) is 25.6 Å². The molecule has 1 fully saturated rings. The van der Waals surface area contributed by atoms with Gasteiger partial charge in [-0.15, -0.1) is 0 Å². The van der Waals surface area contributed by atoms with E-state index in [4.69, 9.17) is 16.3 Å². The molecule has 2 amide bonds. The standard InChI is InChI=1S/C22H25ClN6O2/c1-28-13-17(11-25-28)29-10-9-21(19(14-29)20-8-7-18(31-2)12-24-20)27-22(30)26-16-5-3-15(23)4-6-16/h3-8,11-13,19,21H,9-10,14H2,1-2H3,(H2,26,27,30)/t19-,21+/m0/s1. The second-order valence-electron chi connectivity index (χ2n) is 7.55. The van der Waals surface area contributed by atoms with E-state index in [-0.39, 0.29) is 18.0 Å². The molecule has 1 aliphatic rings. The fourth-order valence-corrected chi connectivity index (χ4v) is 3.96. The van der Waals surface area contributed by atoms with Crippen LogP contribution < -0.4 is 20.3 Å². The molecule has 0 spiro atoms. The largest absolute Gasteiger partial charge is 0.495 e. The Morgan fingerprint density at radius 3 is 2.65 bits per heavy atom. The molecular formula is C22H25ClN6O2. The fraction of sp³-hybridized carbons (Fsp3) is 0.318. The quantitative estimate of drug-likeness (QED) is 0.632. The highest BCUT2D eigenvalue weighted by Gasteiger charge is 2.33. The number of hydrogen-bond acceptors (Lipinski definition) is 5. The molecule has 1 aromatic carbocycles. The zero-order valence-corrected chi connectivity index (χ0v) is 18.2. The highest BCUT2D eigenvalue weighted by Crippen LogP contribution is 2.30. The first kappa shape index (κ1) is 21.0. The Kier molecular flexibility index (Phi) is 6.27. The van der Waals surface area contributed by atoms with E-state index in [1.165, 1.54) is 0 Å². The number of anilines is 2. The number of hydrogen-bond donors (Lipinski definition) is 2. The van der Waals surface area contributed by atoms with Crippen molar-refractivity contribution >= 4 is 29.0 Å². The number of carbonyl (C=O) groups excluding carboxylic acids is 1. The summed E-state index contributed by atoms with van der Waals surface area (Å²) in [6.07, 6.45) is 6.35. The number of aromatic nitrogens is 3. The number of aryl methyl sites for hydroxylation is 1. The second kappa shape index (κ2) is 9.26. The maximum absolute atomic E-state index is 12.7.